The number of halogens is 2. The molecule has 0 aliphatic heterocycles. The number of hydrogen-bond donors (Lipinski definition) is 2. The number of para-hydroxylation sites is 1. The fourth-order valence-corrected chi connectivity index (χ4v) is 4.00. The van der Waals surface area contributed by atoms with Gasteiger partial charge in [-0.15, -0.1) is 0 Å². The van der Waals surface area contributed by atoms with Crippen LogP contribution in [-0.2, 0) is 11.4 Å². The maximum Gasteiger partial charge on any atom is 0.335 e. The zero-order valence-electron chi connectivity index (χ0n) is 18.5. The van der Waals surface area contributed by atoms with Gasteiger partial charge in [0.2, 0.25) is 0 Å². The van der Waals surface area contributed by atoms with Gasteiger partial charge >= 0.3 is 5.97 Å². The summed E-state index contributed by atoms with van der Waals surface area (Å²) in [7, 11) is 0. The molecule has 35 heavy (non-hydrogen) atoms. The van der Waals surface area contributed by atoms with Gasteiger partial charge in [0.1, 0.15) is 18.2 Å². The molecule has 0 atom stereocenters. The molecule has 1 amide bonds. The first-order valence-electron chi connectivity index (χ1n) is 10.4. The van der Waals surface area contributed by atoms with E-state index in [4.69, 9.17) is 26.2 Å². The lowest BCUT2D eigenvalue weighted by Gasteiger charge is -2.15. The van der Waals surface area contributed by atoms with Crippen LogP contribution in [0.1, 0.15) is 28.4 Å². The van der Waals surface area contributed by atoms with Crippen molar-refractivity contribution in [3.05, 3.63) is 91.5 Å². The Balaban J connectivity index is 1.83. The third-order valence-corrected chi connectivity index (χ3v) is 5.84. The van der Waals surface area contributed by atoms with Gasteiger partial charge in [-0.05, 0) is 83.1 Å². The number of carbonyl (C=O) groups is 2. The van der Waals surface area contributed by atoms with Gasteiger partial charge < -0.3 is 19.9 Å². The summed E-state index contributed by atoms with van der Waals surface area (Å²) in [5.74, 6) is -0.618. The van der Waals surface area contributed by atoms with Gasteiger partial charge in [-0.2, -0.15) is 5.26 Å². The highest BCUT2D eigenvalue weighted by molar-refractivity contribution is 14.1. The van der Waals surface area contributed by atoms with Crippen LogP contribution in [0.2, 0.25) is 5.02 Å². The predicted octanol–water partition coefficient (Wildman–Crippen LogP) is 6.17. The molecule has 0 unspecified atom stereocenters. The minimum absolute atomic E-state index is 0.102. The third kappa shape index (κ3) is 6.97. The smallest absolute Gasteiger partial charge is 0.335 e. The lowest BCUT2D eigenvalue weighted by atomic mass is 10.1. The van der Waals surface area contributed by atoms with Crippen LogP contribution >= 0.6 is 34.2 Å². The number of hydrogen-bond acceptors (Lipinski definition) is 5. The van der Waals surface area contributed by atoms with E-state index in [-0.39, 0.29) is 17.7 Å². The lowest BCUT2D eigenvalue weighted by Crippen LogP contribution is -2.13. The second-order valence-corrected chi connectivity index (χ2v) is 8.73. The Morgan fingerprint density at radius 3 is 2.49 bits per heavy atom. The number of nitriles is 1. The number of amides is 1. The zero-order valence-corrected chi connectivity index (χ0v) is 21.5. The number of aromatic carboxylic acids is 1. The van der Waals surface area contributed by atoms with Crippen LogP contribution in [-0.4, -0.2) is 23.6 Å². The Labute approximate surface area is 221 Å². The van der Waals surface area contributed by atoms with Crippen LogP contribution in [0.15, 0.2) is 66.2 Å². The number of rotatable bonds is 9. The summed E-state index contributed by atoms with van der Waals surface area (Å²) in [5.41, 5.74) is 1.88. The number of carboxylic acid groups (broad SMARTS) is 1. The molecule has 0 radical (unpaired) electrons. The van der Waals surface area contributed by atoms with Crippen molar-refractivity contribution in [1.29, 1.82) is 5.26 Å². The minimum atomic E-state index is -0.994. The number of carbonyl (C=O) groups excluding carboxylic acids is 1. The van der Waals surface area contributed by atoms with Crippen molar-refractivity contribution < 1.29 is 24.2 Å². The van der Waals surface area contributed by atoms with Crippen LogP contribution in [0, 0.1) is 14.9 Å². The molecule has 0 saturated carbocycles. The first-order valence-corrected chi connectivity index (χ1v) is 11.9. The van der Waals surface area contributed by atoms with E-state index in [9.17, 15) is 14.9 Å². The Morgan fingerprint density at radius 1 is 1.14 bits per heavy atom. The number of ether oxygens (including phenoxy) is 2. The highest BCUT2D eigenvalue weighted by atomic mass is 127. The maximum absolute atomic E-state index is 12.6. The third-order valence-electron chi connectivity index (χ3n) is 4.71. The number of nitrogens with one attached hydrogen (secondary N) is 1. The zero-order chi connectivity index (χ0) is 25.4. The molecule has 0 aliphatic carbocycles. The lowest BCUT2D eigenvalue weighted by molar-refractivity contribution is -0.112. The summed E-state index contributed by atoms with van der Waals surface area (Å²) < 4.78 is 12.4. The number of nitrogens with zero attached hydrogens (tertiary/aromatic N) is 1. The fourth-order valence-electron chi connectivity index (χ4n) is 3.04. The van der Waals surface area contributed by atoms with Crippen LogP contribution in [0.25, 0.3) is 6.08 Å². The summed E-state index contributed by atoms with van der Waals surface area (Å²) in [6.07, 6.45) is 1.46. The first-order chi connectivity index (χ1) is 16.8. The van der Waals surface area contributed by atoms with Gasteiger partial charge in [0.15, 0.2) is 11.5 Å². The number of benzene rings is 3. The van der Waals surface area contributed by atoms with Gasteiger partial charge in [0.25, 0.3) is 5.91 Å². The highest BCUT2D eigenvalue weighted by Gasteiger charge is 2.15. The molecule has 3 rings (SSSR count). The van der Waals surface area contributed by atoms with E-state index in [1.165, 1.54) is 18.2 Å². The second-order valence-electron chi connectivity index (χ2n) is 7.16. The van der Waals surface area contributed by atoms with E-state index < -0.39 is 11.9 Å². The van der Waals surface area contributed by atoms with Crippen molar-refractivity contribution in [2.24, 2.45) is 0 Å². The summed E-state index contributed by atoms with van der Waals surface area (Å²) in [4.78, 5) is 23.7. The monoisotopic (exact) mass is 602 g/mol. The first kappa shape index (κ1) is 26.1. The molecular formula is C26H20ClIN2O5. The molecule has 0 aliphatic rings. The molecule has 0 saturated heterocycles. The largest absolute Gasteiger partial charge is 0.490 e. The summed E-state index contributed by atoms with van der Waals surface area (Å²) in [6.45, 7) is 2.42. The van der Waals surface area contributed by atoms with Gasteiger partial charge in [-0.25, -0.2) is 4.79 Å². The summed E-state index contributed by atoms with van der Waals surface area (Å²) in [6, 6.07) is 18.5. The number of anilines is 1. The summed E-state index contributed by atoms with van der Waals surface area (Å²) >= 11 is 8.19. The maximum atomic E-state index is 12.6. The van der Waals surface area contributed by atoms with Gasteiger partial charge in [-0.3, -0.25) is 4.79 Å². The standard InChI is InChI=1S/C26H20ClIN2O5/c1-2-34-23-13-17(11-19(14-29)25(31)30-22-6-4-3-5-20(22)27)12-21(28)24(23)35-15-16-7-9-18(10-8-16)26(32)33/h3-13H,2,15H2,1H3,(H,30,31)(H,32,33)/b19-11+. The van der Waals surface area contributed by atoms with E-state index in [2.05, 4.69) is 27.9 Å². The highest BCUT2D eigenvalue weighted by Crippen LogP contribution is 2.35. The number of carboxylic acids is 1. The molecule has 3 aromatic rings. The second kappa shape index (κ2) is 12.2. The van der Waals surface area contributed by atoms with Crippen LogP contribution in [0.3, 0.4) is 0 Å². The quantitative estimate of drug-likeness (QED) is 0.172. The van der Waals surface area contributed by atoms with Crippen LogP contribution in [0.4, 0.5) is 5.69 Å². The van der Waals surface area contributed by atoms with Crippen molar-refractivity contribution in [1.82, 2.24) is 0 Å². The van der Waals surface area contributed by atoms with Crippen molar-refractivity contribution in [3.63, 3.8) is 0 Å². The van der Waals surface area contributed by atoms with Crippen LogP contribution in [0.5, 0.6) is 11.5 Å². The average Bonchev–Trinajstić information content (AvgIpc) is 2.83. The Kier molecular flexibility index (Phi) is 9.11. The molecular weight excluding hydrogens is 583 g/mol. The average molecular weight is 603 g/mol. The minimum Gasteiger partial charge on any atom is -0.490 e. The molecule has 3 aromatic carbocycles. The van der Waals surface area contributed by atoms with Crippen molar-refractivity contribution in [3.8, 4) is 17.6 Å². The molecule has 0 fully saturated rings. The van der Waals surface area contributed by atoms with Gasteiger partial charge in [0, 0.05) is 0 Å². The van der Waals surface area contributed by atoms with Crippen LogP contribution < -0.4 is 14.8 Å². The molecule has 2 N–H and O–H groups in total. The molecule has 178 valence electrons. The van der Waals surface area contributed by atoms with Gasteiger partial charge in [0.05, 0.1) is 26.5 Å². The predicted molar refractivity (Wildman–Crippen MR) is 142 cm³/mol. The van der Waals surface area contributed by atoms with Crippen molar-refractivity contribution >= 4 is 57.8 Å². The van der Waals surface area contributed by atoms with Crippen molar-refractivity contribution in [2.45, 2.75) is 13.5 Å². The Hall–Kier alpha value is -3.55. The van der Waals surface area contributed by atoms with E-state index in [1.807, 2.05) is 13.0 Å². The SMILES string of the molecule is CCOc1cc(/C=C(\C#N)C(=O)Nc2ccccc2Cl)cc(I)c1OCc1ccc(C(=O)O)cc1. The molecule has 0 bridgehead atoms. The van der Waals surface area contributed by atoms with E-state index in [0.717, 1.165) is 5.56 Å². The fraction of sp³-hybridized carbons (Fsp3) is 0.115. The van der Waals surface area contributed by atoms with E-state index >= 15 is 0 Å². The van der Waals surface area contributed by atoms with E-state index in [0.29, 0.717) is 37.9 Å². The Bertz CT molecular complexity index is 1320. The topological polar surface area (TPSA) is 109 Å². The Morgan fingerprint density at radius 2 is 1.86 bits per heavy atom. The van der Waals surface area contributed by atoms with Gasteiger partial charge in [-0.1, -0.05) is 35.9 Å². The van der Waals surface area contributed by atoms with E-state index in [1.54, 1.807) is 48.5 Å². The molecule has 0 aromatic heterocycles. The molecule has 0 spiro atoms. The van der Waals surface area contributed by atoms with Crippen molar-refractivity contribution in [2.75, 3.05) is 11.9 Å². The normalized spacial score (nSPS) is 10.9. The molecule has 0 heterocycles. The molecule has 7 nitrogen and oxygen atoms in total. The molecule has 9 heteroatoms. The summed E-state index contributed by atoms with van der Waals surface area (Å²) in [5, 5.41) is 21.6.